The van der Waals surface area contributed by atoms with E-state index in [1.807, 2.05) is 36.4 Å². The fourth-order valence-corrected chi connectivity index (χ4v) is 3.29. The molecule has 134 valence electrons. The molecule has 0 bridgehead atoms. The highest BCUT2D eigenvalue weighted by Crippen LogP contribution is 2.28. The maximum atomic E-state index is 12.6. The number of amides is 2. The molecule has 0 radical (unpaired) electrons. The van der Waals surface area contributed by atoms with Gasteiger partial charge in [-0.1, -0.05) is 24.3 Å². The van der Waals surface area contributed by atoms with Crippen molar-refractivity contribution < 1.29 is 4.79 Å². The van der Waals surface area contributed by atoms with Crippen molar-refractivity contribution in [3.8, 4) is 6.07 Å². The van der Waals surface area contributed by atoms with E-state index in [1.54, 1.807) is 18.0 Å². The largest absolute Gasteiger partial charge is 0.370 e. The average Bonchev–Trinajstić information content (AvgIpc) is 2.69. The number of para-hydroxylation sites is 2. The maximum Gasteiger partial charge on any atom is 0.321 e. The summed E-state index contributed by atoms with van der Waals surface area (Å²) in [6.45, 7) is 2.51. The molecular formula is C21H24N4O. The molecule has 0 unspecified atom stereocenters. The number of rotatable bonds is 4. The lowest BCUT2D eigenvalue weighted by atomic mass is 10.1. The van der Waals surface area contributed by atoms with Crippen LogP contribution in [-0.2, 0) is 6.54 Å². The molecule has 1 N–H and O–H groups in total. The molecule has 0 atom stereocenters. The van der Waals surface area contributed by atoms with Gasteiger partial charge in [-0.05, 0) is 49.1 Å². The highest BCUT2D eigenvalue weighted by atomic mass is 16.2. The summed E-state index contributed by atoms with van der Waals surface area (Å²) < 4.78 is 0. The smallest absolute Gasteiger partial charge is 0.321 e. The molecule has 5 nitrogen and oxygen atoms in total. The van der Waals surface area contributed by atoms with Crippen LogP contribution in [0.25, 0.3) is 0 Å². The van der Waals surface area contributed by atoms with Gasteiger partial charge in [0.05, 0.1) is 23.0 Å². The Morgan fingerprint density at radius 3 is 2.69 bits per heavy atom. The predicted octanol–water partition coefficient (Wildman–Crippen LogP) is 4.21. The van der Waals surface area contributed by atoms with Crippen LogP contribution in [0.3, 0.4) is 0 Å². The molecule has 1 aliphatic rings. The molecule has 2 amide bonds. The molecule has 5 heteroatoms. The van der Waals surface area contributed by atoms with Gasteiger partial charge in [-0.2, -0.15) is 5.26 Å². The first-order chi connectivity index (χ1) is 12.7. The van der Waals surface area contributed by atoms with Gasteiger partial charge in [0.15, 0.2) is 0 Å². The van der Waals surface area contributed by atoms with Crippen molar-refractivity contribution in [3.63, 3.8) is 0 Å². The Labute approximate surface area is 154 Å². The van der Waals surface area contributed by atoms with Gasteiger partial charge >= 0.3 is 6.03 Å². The Bertz CT molecular complexity index is 806. The molecule has 1 saturated heterocycles. The number of nitrogens with zero attached hydrogens (tertiary/aromatic N) is 3. The van der Waals surface area contributed by atoms with Gasteiger partial charge < -0.3 is 15.1 Å². The van der Waals surface area contributed by atoms with E-state index in [9.17, 15) is 4.79 Å². The van der Waals surface area contributed by atoms with E-state index >= 15 is 0 Å². The third-order valence-corrected chi connectivity index (χ3v) is 4.66. The van der Waals surface area contributed by atoms with Gasteiger partial charge in [-0.25, -0.2) is 4.79 Å². The molecule has 1 aliphatic heterocycles. The Balaban J connectivity index is 1.68. The van der Waals surface area contributed by atoms with E-state index in [4.69, 9.17) is 5.26 Å². The van der Waals surface area contributed by atoms with Gasteiger partial charge in [0.1, 0.15) is 0 Å². The predicted molar refractivity (Wildman–Crippen MR) is 104 cm³/mol. The van der Waals surface area contributed by atoms with E-state index in [0.29, 0.717) is 12.1 Å². The van der Waals surface area contributed by atoms with Crippen LogP contribution in [0.15, 0.2) is 48.5 Å². The standard InChI is InChI=1S/C21H24N4O/c1-24(16-18-9-7-8-17(14-18)15-22)21(26)23-19-10-3-4-11-20(19)25-12-5-2-6-13-25/h3-4,7-11,14H,2,5-6,12-13,16H2,1H3,(H,23,26). The zero-order chi connectivity index (χ0) is 18.4. The summed E-state index contributed by atoms with van der Waals surface area (Å²) in [4.78, 5) is 16.6. The van der Waals surface area contributed by atoms with Crippen LogP contribution in [0, 0.1) is 11.3 Å². The number of hydrogen-bond donors (Lipinski definition) is 1. The minimum absolute atomic E-state index is 0.156. The molecule has 1 heterocycles. The Hall–Kier alpha value is -3.00. The van der Waals surface area contributed by atoms with Gasteiger partial charge in [-0.15, -0.1) is 0 Å². The number of urea groups is 1. The summed E-state index contributed by atoms with van der Waals surface area (Å²) in [6, 6.07) is 17.3. The van der Waals surface area contributed by atoms with Gasteiger partial charge in [0.2, 0.25) is 0 Å². The van der Waals surface area contributed by atoms with Crippen molar-refractivity contribution in [1.82, 2.24) is 4.90 Å². The van der Waals surface area contributed by atoms with E-state index in [0.717, 1.165) is 30.0 Å². The molecule has 0 saturated carbocycles. The van der Waals surface area contributed by atoms with Crippen molar-refractivity contribution in [2.24, 2.45) is 0 Å². The minimum Gasteiger partial charge on any atom is -0.370 e. The van der Waals surface area contributed by atoms with Crippen LogP contribution in [0.2, 0.25) is 0 Å². The van der Waals surface area contributed by atoms with Crippen molar-refractivity contribution in [2.45, 2.75) is 25.8 Å². The van der Waals surface area contributed by atoms with Crippen molar-refractivity contribution in [3.05, 3.63) is 59.7 Å². The van der Waals surface area contributed by atoms with Crippen molar-refractivity contribution in [1.29, 1.82) is 5.26 Å². The molecule has 26 heavy (non-hydrogen) atoms. The number of anilines is 2. The van der Waals surface area contributed by atoms with E-state index < -0.39 is 0 Å². The van der Waals surface area contributed by atoms with Crippen LogP contribution in [0.4, 0.5) is 16.2 Å². The van der Waals surface area contributed by atoms with Crippen molar-refractivity contribution in [2.75, 3.05) is 30.4 Å². The summed E-state index contributed by atoms with van der Waals surface area (Å²) in [6.07, 6.45) is 3.66. The fraction of sp³-hybridized carbons (Fsp3) is 0.333. The summed E-state index contributed by atoms with van der Waals surface area (Å²) >= 11 is 0. The third-order valence-electron chi connectivity index (χ3n) is 4.66. The molecule has 3 rings (SSSR count). The van der Waals surface area contributed by atoms with E-state index in [2.05, 4.69) is 22.4 Å². The van der Waals surface area contributed by atoms with Crippen LogP contribution >= 0.6 is 0 Å². The number of benzene rings is 2. The summed E-state index contributed by atoms with van der Waals surface area (Å²) in [7, 11) is 1.76. The number of hydrogen-bond acceptors (Lipinski definition) is 3. The lowest BCUT2D eigenvalue weighted by molar-refractivity contribution is 0.220. The lowest BCUT2D eigenvalue weighted by Crippen LogP contribution is -2.33. The molecular weight excluding hydrogens is 324 g/mol. The number of carbonyl (C=O) groups is 1. The summed E-state index contributed by atoms with van der Waals surface area (Å²) in [5.41, 5.74) is 3.47. The first-order valence-corrected chi connectivity index (χ1v) is 9.02. The number of nitrogens with one attached hydrogen (secondary N) is 1. The van der Waals surface area contributed by atoms with Gasteiger partial charge in [0.25, 0.3) is 0 Å². The first-order valence-electron chi connectivity index (χ1n) is 9.02. The van der Waals surface area contributed by atoms with E-state index in [-0.39, 0.29) is 6.03 Å². The normalized spacial score (nSPS) is 13.8. The molecule has 2 aromatic carbocycles. The second-order valence-electron chi connectivity index (χ2n) is 6.66. The van der Waals surface area contributed by atoms with Crippen LogP contribution in [0.1, 0.15) is 30.4 Å². The zero-order valence-corrected chi connectivity index (χ0v) is 15.1. The monoisotopic (exact) mass is 348 g/mol. The second kappa shape index (κ2) is 8.39. The number of piperidine rings is 1. The summed E-state index contributed by atoms with van der Waals surface area (Å²) in [5, 5.41) is 12.0. The van der Waals surface area contributed by atoms with Crippen LogP contribution < -0.4 is 10.2 Å². The van der Waals surface area contributed by atoms with Crippen LogP contribution in [0.5, 0.6) is 0 Å². The van der Waals surface area contributed by atoms with Gasteiger partial charge in [0, 0.05) is 26.7 Å². The topological polar surface area (TPSA) is 59.4 Å². The maximum absolute atomic E-state index is 12.6. The van der Waals surface area contributed by atoms with E-state index in [1.165, 1.54) is 19.3 Å². The molecule has 1 fully saturated rings. The highest BCUT2D eigenvalue weighted by molar-refractivity contribution is 5.93. The Morgan fingerprint density at radius 2 is 1.92 bits per heavy atom. The SMILES string of the molecule is CN(Cc1cccc(C#N)c1)C(=O)Nc1ccccc1N1CCCCC1. The second-order valence-corrected chi connectivity index (χ2v) is 6.66. The first kappa shape index (κ1) is 17.8. The van der Waals surface area contributed by atoms with Crippen molar-refractivity contribution >= 4 is 17.4 Å². The quantitative estimate of drug-likeness (QED) is 0.900. The number of nitriles is 1. The zero-order valence-electron chi connectivity index (χ0n) is 15.1. The highest BCUT2D eigenvalue weighted by Gasteiger charge is 2.17. The molecule has 0 spiro atoms. The third kappa shape index (κ3) is 4.34. The fourth-order valence-electron chi connectivity index (χ4n) is 3.29. The average molecular weight is 348 g/mol. The van der Waals surface area contributed by atoms with Crippen LogP contribution in [-0.4, -0.2) is 31.1 Å². The van der Waals surface area contributed by atoms with Gasteiger partial charge in [-0.3, -0.25) is 0 Å². The lowest BCUT2D eigenvalue weighted by Gasteiger charge is -2.31. The molecule has 0 aliphatic carbocycles. The molecule has 2 aromatic rings. The Kier molecular flexibility index (Phi) is 5.75. The Morgan fingerprint density at radius 1 is 1.15 bits per heavy atom. The summed E-state index contributed by atoms with van der Waals surface area (Å²) in [5.74, 6) is 0. The minimum atomic E-state index is -0.156. The number of carbonyl (C=O) groups excluding carboxylic acids is 1. The molecule has 0 aromatic heterocycles.